The van der Waals surface area contributed by atoms with E-state index in [1.54, 1.807) is 60.4 Å². The van der Waals surface area contributed by atoms with E-state index in [1.807, 2.05) is 45.0 Å². The first-order chi connectivity index (χ1) is 19.2. The van der Waals surface area contributed by atoms with Gasteiger partial charge in [0.25, 0.3) is 0 Å². The molecule has 0 spiro atoms. The number of nitrogens with one attached hydrogen (secondary N) is 3. The number of nitrogens with zero attached hydrogens (tertiary/aromatic N) is 1. The van der Waals surface area contributed by atoms with Crippen LogP contribution in [0.3, 0.4) is 0 Å². The van der Waals surface area contributed by atoms with Crippen LogP contribution in [0.15, 0.2) is 72.8 Å². The molecule has 0 aromatic heterocycles. The molecule has 0 aliphatic carbocycles. The van der Waals surface area contributed by atoms with Crippen LogP contribution in [0.5, 0.6) is 0 Å². The van der Waals surface area contributed by atoms with Gasteiger partial charge in [-0.15, -0.1) is 0 Å². The summed E-state index contributed by atoms with van der Waals surface area (Å²) in [5.41, 5.74) is 4.05. The number of hydrogen-bond acceptors (Lipinski definition) is 5. The number of urea groups is 1. The van der Waals surface area contributed by atoms with E-state index in [2.05, 4.69) is 16.0 Å². The van der Waals surface area contributed by atoms with Crippen molar-refractivity contribution < 1.29 is 23.9 Å². The van der Waals surface area contributed by atoms with E-state index in [0.717, 1.165) is 16.8 Å². The summed E-state index contributed by atoms with van der Waals surface area (Å²) in [6, 6.07) is 20.7. The van der Waals surface area contributed by atoms with Gasteiger partial charge in [-0.05, 0) is 73.4 Å². The molecule has 0 bridgehead atoms. The third-order valence-corrected chi connectivity index (χ3v) is 5.95. The molecule has 9 heteroatoms. The van der Waals surface area contributed by atoms with Crippen LogP contribution in [0.25, 0.3) is 0 Å². The third kappa shape index (κ3) is 8.97. The molecule has 210 valence electrons. The fourth-order valence-electron chi connectivity index (χ4n) is 3.93. The highest BCUT2D eigenvalue weighted by Crippen LogP contribution is 2.18. The molecule has 0 aliphatic heterocycles. The van der Waals surface area contributed by atoms with E-state index in [9.17, 15) is 19.2 Å². The number of aryl methyl sites for hydroxylation is 1. The number of anilines is 3. The van der Waals surface area contributed by atoms with Gasteiger partial charge in [0.05, 0.1) is 25.1 Å². The molecule has 0 heterocycles. The number of carbonyl (C=O) groups excluding carboxylic acids is 4. The second-order valence-corrected chi connectivity index (χ2v) is 9.71. The normalized spacial score (nSPS) is 10.5. The maximum atomic E-state index is 13.0. The van der Waals surface area contributed by atoms with Crippen LogP contribution in [0.4, 0.5) is 21.9 Å². The van der Waals surface area contributed by atoms with E-state index >= 15 is 0 Å². The SMILES string of the molecule is CCOC(=O)c1ccc(N(CC(C)C)C(=O)CNC(=O)Cc2ccc(NC(=O)Nc3ccccc3C)cc2)cc1. The minimum atomic E-state index is -0.419. The second-order valence-electron chi connectivity index (χ2n) is 9.71. The standard InChI is InChI=1S/C31H36N4O5/c1-5-40-30(38)24-12-16-26(17-13-24)35(20-21(2)3)29(37)19-32-28(36)18-23-10-14-25(15-11-23)33-31(39)34-27-9-7-6-8-22(27)4/h6-17,21H,5,18-20H2,1-4H3,(H,32,36)(H2,33,34,39). The van der Waals surface area contributed by atoms with Gasteiger partial charge in [0, 0.05) is 23.6 Å². The summed E-state index contributed by atoms with van der Waals surface area (Å²) in [5, 5.41) is 8.27. The lowest BCUT2D eigenvalue weighted by molar-refractivity contribution is -0.124. The summed E-state index contributed by atoms with van der Waals surface area (Å²) in [5.74, 6) is -0.786. The predicted molar refractivity (Wildman–Crippen MR) is 157 cm³/mol. The number of para-hydroxylation sites is 1. The quantitative estimate of drug-likeness (QED) is 0.288. The predicted octanol–water partition coefficient (Wildman–Crippen LogP) is 5.16. The lowest BCUT2D eigenvalue weighted by atomic mass is 10.1. The van der Waals surface area contributed by atoms with E-state index < -0.39 is 5.97 Å². The van der Waals surface area contributed by atoms with Crippen molar-refractivity contribution in [3.05, 3.63) is 89.5 Å². The molecule has 3 aromatic rings. The van der Waals surface area contributed by atoms with Gasteiger partial charge in [-0.1, -0.05) is 44.2 Å². The van der Waals surface area contributed by atoms with Gasteiger partial charge in [-0.2, -0.15) is 0 Å². The zero-order chi connectivity index (χ0) is 29.1. The molecule has 0 fully saturated rings. The number of hydrogen-bond donors (Lipinski definition) is 3. The molecular formula is C31H36N4O5. The van der Waals surface area contributed by atoms with E-state index in [0.29, 0.717) is 23.5 Å². The van der Waals surface area contributed by atoms with Crippen LogP contribution in [-0.2, 0) is 20.7 Å². The molecule has 0 aliphatic rings. The van der Waals surface area contributed by atoms with Crippen LogP contribution in [0.2, 0.25) is 0 Å². The van der Waals surface area contributed by atoms with Crippen molar-refractivity contribution in [2.75, 3.05) is 35.2 Å². The van der Waals surface area contributed by atoms with Crippen LogP contribution < -0.4 is 20.9 Å². The van der Waals surface area contributed by atoms with Gasteiger partial charge in [-0.3, -0.25) is 9.59 Å². The Kier molecular flexibility index (Phi) is 10.8. The van der Waals surface area contributed by atoms with Crippen molar-refractivity contribution in [3.8, 4) is 0 Å². The van der Waals surface area contributed by atoms with Crippen LogP contribution in [-0.4, -0.2) is 43.5 Å². The monoisotopic (exact) mass is 544 g/mol. The second kappa shape index (κ2) is 14.5. The minimum Gasteiger partial charge on any atom is -0.462 e. The highest BCUT2D eigenvalue weighted by atomic mass is 16.5. The van der Waals surface area contributed by atoms with Gasteiger partial charge in [0.1, 0.15) is 0 Å². The summed E-state index contributed by atoms with van der Waals surface area (Å²) in [4.78, 5) is 51.4. The molecule has 0 saturated carbocycles. The summed E-state index contributed by atoms with van der Waals surface area (Å²) in [7, 11) is 0. The van der Waals surface area contributed by atoms with Crippen LogP contribution in [0.1, 0.15) is 42.3 Å². The number of amides is 4. The largest absolute Gasteiger partial charge is 0.462 e. The molecule has 0 radical (unpaired) electrons. The highest BCUT2D eigenvalue weighted by Gasteiger charge is 2.19. The molecule has 40 heavy (non-hydrogen) atoms. The zero-order valence-electron chi connectivity index (χ0n) is 23.3. The summed E-state index contributed by atoms with van der Waals surface area (Å²) in [6.07, 6.45) is 0.0847. The van der Waals surface area contributed by atoms with E-state index in [-0.39, 0.29) is 43.3 Å². The molecule has 4 amide bonds. The summed E-state index contributed by atoms with van der Waals surface area (Å²) >= 11 is 0. The maximum Gasteiger partial charge on any atom is 0.338 e. The van der Waals surface area contributed by atoms with Crippen molar-refractivity contribution in [1.29, 1.82) is 0 Å². The number of ether oxygens (including phenoxy) is 1. The van der Waals surface area contributed by atoms with E-state index in [1.165, 1.54) is 0 Å². The van der Waals surface area contributed by atoms with Crippen LogP contribution in [0, 0.1) is 12.8 Å². The van der Waals surface area contributed by atoms with Crippen molar-refractivity contribution in [1.82, 2.24) is 5.32 Å². The zero-order valence-corrected chi connectivity index (χ0v) is 23.3. The molecule has 3 aromatic carbocycles. The first-order valence-electron chi connectivity index (χ1n) is 13.2. The number of esters is 1. The van der Waals surface area contributed by atoms with Gasteiger partial charge >= 0.3 is 12.0 Å². The van der Waals surface area contributed by atoms with Gasteiger partial charge < -0.3 is 25.6 Å². The number of rotatable bonds is 11. The van der Waals surface area contributed by atoms with Crippen molar-refractivity contribution >= 4 is 40.9 Å². The summed E-state index contributed by atoms with van der Waals surface area (Å²) in [6.45, 7) is 8.22. The lowest BCUT2D eigenvalue weighted by Crippen LogP contribution is -2.42. The Morgan fingerprint density at radius 2 is 1.55 bits per heavy atom. The molecule has 3 N–H and O–H groups in total. The highest BCUT2D eigenvalue weighted by molar-refractivity contribution is 6.00. The Labute approximate surface area is 234 Å². The van der Waals surface area contributed by atoms with E-state index in [4.69, 9.17) is 4.74 Å². The molecule has 9 nitrogen and oxygen atoms in total. The Morgan fingerprint density at radius 1 is 0.875 bits per heavy atom. The first-order valence-corrected chi connectivity index (χ1v) is 13.2. The lowest BCUT2D eigenvalue weighted by Gasteiger charge is -2.25. The van der Waals surface area contributed by atoms with Crippen molar-refractivity contribution in [2.24, 2.45) is 5.92 Å². The topological polar surface area (TPSA) is 117 Å². The average Bonchev–Trinajstić information content (AvgIpc) is 2.93. The molecular weight excluding hydrogens is 508 g/mol. The van der Waals surface area contributed by atoms with Crippen molar-refractivity contribution in [2.45, 2.75) is 34.1 Å². The van der Waals surface area contributed by atoms with Crippen molar-refractivity contribution in [3.63, 3.8) is 0 Å². The Hall–Kier alpha value is -4.66. The molecule has 0 atom stereocenters. The fourth-order valence-corrected chi connectivity index (χ4v) is 3.93. The first kappa shape index (κ1) is 29.9. The maximum absolute atomic E-state index is 13.0. The average molecular weight is 545 g/mol. The van der Waals surface area contributed by atoms with Crippen LogP contribution >= 0.6 is 0 Å². The van der Waals surface area contributed by atoms with Gasteiger partial charge in [0.2, 0.25) is 11.8 Å². The minimum absolute atomic E-state index is 0.0847. The Bertz CT molecular complexity index is 1320. The Morgan fingerprint density at radius 3 is 2.17 bits per heavy atom. The molecule has 3 rings (SSSR count). The fraction of sp³-hybridized carbons (Fsp3) is 0.290. The molecule has 0 saturated heterocycles. The number of benzene rings is 3. The van der Waals surface area contributed by atoms with Gasteiger partial charge in [0.15, 0.2) is 0 Å². The third-order valence-electron chi connectivity index (χ3n) is 5.95. The number of carbonyl (C=O) groups is 4. The molecule has 0 unspecified atom stereocenters. The van der Waals surface area contributed by atoms with Gasteiger partial charge in [-0.25, -0.2) is 9.59 Å². The summed E-state index contributed by atoms with van der Waals surface area (Å²) < 4.78 is 5.01. The Balaban J connectivity index is 1.52. The smallest absolute Gasteiger partial charge is 0.338 e.